The van der Waals surface area contributed by atoms with Gasteiger partial charge in [-0.2, -0.15) is 4.98 Å². The number of ether oxygens (including phenoxy) is 1. The predicted molar refractivity (Wildman–Crippen MR) is 112 cm³/mol. The maximum Gasteiger partial charge on any atom is 0.300 e. The van der Waals surface area contributed by atoms with Gasteiger partial charge in [0.2, 0.25) is 5.88 Å². The molecule has 0 atom stereocenters. The Balaban J connectivity index is 1.66. The number of aromatic nitrogens is 2. The maximum absolute atomic E-state index is 6.17. The van der Waals surface area contributed by atoms with Crippen molar-refractivity contribution in [2.24, 2.45) is 0 Å². The lowest BCUT2D eigenvalue weighted by Gasteiger charge is -2.22. The molecule has 0 saturated heterocycles. The molecule has 142 valence electrons. The lowest BCUT2D eigenvalue weighted by molar-refractivity contribution is 0.441. The normalized spacial score (nSPS) is 11.6. The van der Waals surface area contributed by atoms with Crippen LogP contribution in [0.3, 0.4) is 0 Å². The fourth-order valence-corrected chi connectivity index (χ4v) is 3.08. The molecule has 2 heterocycles. The molecule has 28 heavy (non-hydrogen) atoms. The van der Waals surface area contributed by atoms with Crippen LogP contribution in [-0.2, 0) is 5.41 Å². The monoisotopic (exact) mass is 393 g/mol. The quantitative estimate of drug-likeness (QED) is 0.417. The highest BCUT2D eigenvalue weighted by atomic mass is 35.5. The Labute approximate surface area is 168 Å². The molecule has 0 amide bonds. The van der Waals surface area contributed by atoms with E-state index in [0.717, 1.165) is 11.3 Å². The lowest BCUT2D eigenvalue weighted by Crippen LogP contribution is -2.12. The largest absolute Gasteiger partial charge is 0.437 e. The molecule has 0 bridgehead atoms. The van der Waals surface area contributed by atoms with Crippen molar-refractivity contribution < 1.29 is 9.15 Å². The zero-order chi connectivity index (χ0) is 19.7. The summed E-state index contributed by atoms with van der Waals surface area (Å²) in [6.07, 6.45) is 1.69. The number of pyridine rings is 1. The fourth-order valence-electron chi connectivity index (χ4n) is 2.92. The number of fused-ring (bicyclic) bond motifs is 1. The second-order valence-corrected chi connectivity index (χ2v) is 7.90. The maximum atomic E-state index is 6.17. The standard InChI is InChI=1S/C22H20ClN3O2/c1-22(2,3)15-7-4-5-9-18(15)27-20-16(8-6-12-24-20)25-21-26-17-13-14(23)10-11-19(17)28-21/h4-13H,1-3H3,(H,25,26). The minimum absolute atomic E-state index is 0.0570. The molecular weight excluding hydrogens is 374 g/mol. The molecule has 0 spiro atoms. The average molecular weight is 394 g/mol. The summed E-state index contributed by atoms with van der Waals surface area (Å²) in [4.78, 5) is 8.81. The van der Waals surface area contributed by atoms with Crippen LogP contribution >= 0.6 is 11.6 Å². The van der Waals surface area contributed by atoms with Crippen LogP contribution in [0.2, 0.25) is 5.02 Å². The van der Waals surface area contributed by atoms with Gasteiger partial charge in [0.1, 0.15) is 17.0 Å². The minimum atomic E-state index is -0.0570. The van der Waals surface area contributed by atoms with Gasteiger partial charge < -0.3 is 14.5 Å². The second kappa shape index (κ2) is 7.17. The third-order valence-electron chi connectivity index (χ3n) is 4.26. The molecule has 0 unspecified atom stereocenters. The summed E-state index contributed by atoms with van der Waals surface area (Å²) < 4.78 is 11.9. The highest BCUT2D eigenvalue weighted by molar-refractivity contribution is 6.31. The van der Waals surface area contributed by atoms with Gasteiger partial charge in [-0.1, -0.05) is 50.6 Å². The first-order chi connectivity index (χ1) is 13.4. The predicted octanol–water partition coefficient (Wildman–Crippen LogP) is 6.71. The van der Waals surface area contributed by atoms with Crippen molar-refractivity contribution in [2.45, 2.75) is 26.2 Å². The summed E-state index contributed by atoms with van der Waals surface area (Å²) in [6.45, 7) is 6.45. The van der Waals surface area contributed by atoms with Gasteiger partial charge in [-0.05, 0) is 41.8 Å². The van der Waals surface area contributed by atoms with Gasteiger partial charge in [0.25, 0.3) is 6.01 Å². The van der Waals surface area contributed by atoms with E-state index in [4.69, 9.17) is 20.8 Å². The molecule has 0 aliphatic heterocycles. The molecule has 0 aliphatic rings. The molecule has 2 aromatic carbocycles. The number of hydrogen-bond donors (Lipinski definition) is 1. The Bertz CT molecular complexity index is 1130. The second-order valence-electron chi connectivity index (χ2n) is 7.46. The van der Waals surface area contributed by atoms with Gasteiger partial charge in [0.15, 0.2) is 5.58 Å². The van der Waals surface area contributed by atoms with E-state index in [1.165, 1.54) is 0 Å². The molecule has 0 radical (unpaired) electrons. The van der Waals surface area contributed by atoms with Gasteiger partial charge in [0.05, 0.1) is 0 Å². The number of oxazole rings is 1. The number of halogens is 1. The summed E-state index contributed by atoms with van der Waals surface area (Å²) in [7, 11) is 0. The molecule has 0 aliphatic carbocycles. The third-order valence-corrected chi connectivity index (χ3v) is 4.50. The van der Waals surface area contributed by atoms with E-state index in [1.54, 1.807) is 24.4 Å². The third kappa shape index (κ3) is 3.80. The molecule has 0 fully saturated rings. The van der Waals surface area contributed by atoms with Crippen molar-refractivity contribution in [2.75, 3.05) is 5.32 Å². The number of hydrogen-bond acceptors (Lipinski definition) is 5. The molecule has 4 aromatic rings. The van der Waals surface area contributed by atoms with Gasteiger partial charge >= 0.3 is 0 Å². The number of nitrogens with zero attached hydrogens (tertiary/aromatic N) is 2. The number of anilines is 2. The first-order valence-corrected chi connectivity index (χ1v) is 9.33. The zero-order valence-corrected chi connectivity index (χ0v) is 16.6. The number of rotatable bonds is 4. The fraction of sp³-hybridized carbons (Fsp3) is 0.182. The summed E-state index contributed by atoms with van der Waals surface area (Å²) >= 11 is 6.02. The molecule has 2 aromatic heterocycles. The SMILES string of the molecule is CC(C)(C)c1ccccc1Oc1ncccc1Nc1nc2cc(Cl)ccc2o1. The summed E-state index contributed by atoms with van der Waals surface area (Å²) in [6, 6.07) is 17.3. The Kier molecular flexibility index (Phi) is 4.69. The number of benzene rings is 2. The van der Waals surface area contributed by atoms with E-state index < -0.39 is 0 Å². The highest BCUT2D eigenvalue weighted by Gasteiger charge is 2.20. The molecule has 4 rings (SSSR count). The van der Waals surface area contributed by atoms with E-state index in [9.17, 15) is 0 Å². The van der Waals surface area contributed by atoms with Gasteiger partial charge in [0, 0.05) is 16.8 Å². The Morgan fingerprint density at radius 1 is 1.04 bits per heavy atom. The van der Waals surface area contributed by atoms with Crippen molar-refractivity contribution in [3.63, 3.8) is 0 Å². The van der Waals surface area contributed by atoms with Crippen LogP contribution in [0.15, 0.2) is 65.2 Å². The van der Waals surface area contributed by atoms with Crippen molar-refractivity contribution in [1.29, 1.82) is 0 Å². The molecule has 6 heteroatoms. The summed E-state index contributed by atoms with van der Waals surface area (Å²) in [5, 5.41) is 3.76. The molecule has 0 saturated carbocycles. The van der Waals surface area contributed by atoms with Crippen molar-refractivity contribution in [3.8, 4) is 11.6 Å². The van der Waals surface area contributed by atoms with Crippen LogP contribution in [0.5, 0.6) is 11.6 Å². The lowest BCUT2D eigenvalue weighted by atomic mass is 9.86. The molecular formula is C22H20ClN3O2. The van der Waals surface area contributed by atoms with E-state index in [2.05, 4.69) is 42.1 Å². The van der Waals surface area contributed by atoms with Crippen LogP contribution in [-0.4, -0.2) is 9.97 Å². The summed E-state index contributed by atoms with van der Waals surface area (Å²) in [5.41, 5.74) is 3.03. The van der Waals surface area contributed by atoms with Gasteiger partial charge in [-0.3, -0.25) is 0 Å². The topological polar surface area (TPSA) is 60.2 Å². The Morgan fingerprint density at radius 2 is 1.86 bits per heavy atom. The average Bonchev–Trinajstić information content (AvgIpc) is 3.04. The number of nitrogens with one attached hydrogen (secondary N) is 1. The van der Waals surface area contributed by atoms with Gasteiger partial charge in [-0.25, -0.2) is 4.98 Å². The Morgan fingerprint density at radius 3 is 2.68 bits per heavy atom. The van der Waals surface area contributed by atoms with E-state index in [1.807, 2.05) is 30.3 Å². The first-order valence-electron chi connectivity index (χ1n) is 8.96. The molecule has 5 nitrogen and oxygen atoms in total. The van der Waals surface area contributed by atoms with Crippen LogP contribution in [0.1, 0.15) is 26.3 Å². The van der Waals surface area contributed by atoms with Crippen molar-refractivity contribution in [3.05, 3.63) is 71.4 Å². The van der Waals surface area contributed by atoms with E-state index in [-0.39, 0.29) is 5.41 Å². The smallest absolute Gasteiger partial charge is 0.300 e. The van der Waals surface area contributed by atoms with E-state index in [0.29, 0.717) is 33.7 Å². The van der Waals surface area contributed by atoms with Crippen LogP contribution in [0.25, 0.3) is 11.1 Å². The first kappa shape index (κ1) is 18.3. The minimum Gasteiger partial charge on any atom is -0.437 e. The van der Waals surface area contributed by atoms with Crippen LogP contribution in [0.4, 0.5) is 11.7 Å². The van der Waals surface area contributed by atoms with E-state index >= 15 is 0 Å². The number of para-hydroxylation sites is 1. The highest BCUT2D eigenvalue weighted by Crippen LogP contribution is 2.36. The van der Waals surface area contributed by atoms with Crippen LogP contribution in [0, 0.1) is 0 Å². The van der Waals surface area contributed by atoms with Crippen molar-refractivity contribution >= 4 is 34.4 Å². The molecule has 1 N–H and O–H groups in total. The van der Waals surface area contributed by atoms with Crippen molar-refractivity contribution in [1.82, 2.24) is 9.97 Å². The summed E-state index contributed by atoms with van der Waals surface area (Å²) in [5.74, 6) is 1.21. The van der Waals surface area contributed by atoms with Crippen LogP contribution < -0.4 is 10.1 Å². The van der Waals surface area contributed by atoms with Gasteiger partial charge in [-0.15, -0.1) is 0 Å². The zero-order valence-electron chi connectivity index (χ0n) is 15.9. The Hall–Kier alpha value is -3.05.